The highest BCUT2D eigenvalue weighted by molar-refractivity contribution is 5.61. The number of aryl methyl sites for hydroxylation is 1. The zero-order valence-electron chi connectivity index (χ0n) is 24.6. The fourth-order valence-electron chi connectivity index (χ4n) is 5.79. The van der Waals surface area contributed by atoms with Crippen molar-refractivity contribution < 1.29 is 33.2 Å². The minimum absolute atomic E-state index is 0.274. The van der Waals surface area contributed by atoms with Crippen LogP contribution < -0.4 is 9.64 Å². The Morgan fingerprint density at radius 1 is 1.02 bits per heavy atom. The van der Waals surface area contributed by atoms with E-state index in [1.54, 1.807) is 20.8 Å². The van der Waals surface area contributed by atoms with Crippen LogP contribution in [0.2, 0.25) is 0 Å². The Hall–Kier alpha value is -3.73. The van der Waals surface area contributed by atoms with Gasteiger partial charge in [-0.15, -0.1) is 0 Å². The van der Waals surface area contributed by atoms with Crippen LogP contribution in [-0.4, -0.2) is 59.9 Å². The highest BCUT2D eigenvalue weighted by Crippen LogP contribution is 2.45. The summed E-state index contributed by atoms with van der Waals surface area (Å²) in [5.74, 6) is 1.49. The molecule has 6 rings (SSSR count). The van der Waals surface area contributed by atoms with Gasteiger partial charge >= 0.3 is 6.16 Å². The number of hydrogen-bond acceptors (Lipinski definition) is 10. The number of carbonyl (C=O) groups excluding carboxylic acids is 1. The van der Waals surface area contributed by atoms with Crippen molar-refractivity contribution in [3.8, 4) is 5.88 Å². The number of rotatable bonds is 5. The first-order valence-electron chi connectivity index (χ1n) is 14.3. The zero-order chi connectivity index (χ0) is 29.4. The summed E-state index contributed by atoms with van der Waals surface area (Å²) in [4.78, 5) is 24.5. The first-order valence-corrected chi connectivity index (χ1v) is 14.3. The molecule has 42 heavy (non-hydrogen) atoms. The van der Waals surface area contributed by atoms with Crippen LogP contribution in [0.25, 0.3) is 0 Å². The van der Waals surface area contributed by atoms with Gasteiger partial charge in [-0.25, -0.2) is 9.78 Å². The number of ether oxygens (including phenoxy) is 6. The summed E-state index contributed by atoms with van der Waals surface area (Å²) in [6.45, 7) is 7.90. The van der Waals surface area contributed by atoms with Gasteiger partial charge in [0.05, 0.1) is 12.2 Å². The number of nitrogens with zero attached hydrogens (tertiary/aromatic N) is 3. The summed E-state index contributed by atoms with van der Waals surface area (Å²) in [7, 11) is 1.92. The van der Waals surface area contributed by atoms with Gasteiger partial charge in [0.15, 0.2) is 6.29 Å². The van der Waals surface area contributed by atoms with Crippen LogP contribution in [0.15, 0.2) is 60.7 Å². The van der Waals surface area contributed by atoms with Crippen molar-refractivity contribution in [2.45, 2.75) is 77.2 Å². The Bertz CT molecular complexity index is 1400. The lowest BCUT2D eigenvalue weighted by Crippen LogP contribution is -2.65. The van der Waals surface area contributed by atoms with Gasteiger partial charge in [0.25, 0.3) is 0 Å². The van der Waals surface area contributed by atoms with Gasteiger partial charge in [-0.05, 0) is 39.7 Å². The molecule has 0 saturated carbocycles. The summed E-state index contributed by atoms with van der Waals surface area (Å²) >= 11 is 0. The third-order valence-electron chi connectivity index (χ3n) is 7.61. The van der Waals surface area contributed by atoms with Crippen LogP contribution in [0, 0.1) is 12.8 Å². The second kappa shape index (κ2) is 11.5. The molecule has 6 atom stereocenters. The molecule has 3 aliphatic heterocycles. The molecule has 10 nitrogen and oxygen atoms in total. The number of benzene rings is 2. The fraction of sp³-hybridized carbons (Fsp3) is 0.469. The van der Waals surface area contributed by atoms with Crippen LogP contribution in [0.1, 0.15) is 49.6 Å². The second-order valence-corrected chi connectivity index (χ2v) is 11.9. The maximum atomic E-state index is 13.1. The molecule has 1 unspecified atom stereocenters. The minimum atomic E-state index is -0.757. The first-order chi connectivity index (χ1) is 20.2. The Kier molecular flexibility index (Phi) is 7.78. The van der Waals surface area contributed by atoms with Crippen molar-refractivity contribution in [2.75, 3.05) is 18.6 Å². The molecule has 2 fully saturated rings. The molecule has 0 bridgehead atoms. The van der Waals surface area contributed by atoms with Gasteiger partial charge in [-0.2, -0.15) is 4.98 Å². The number of carbonyl (C=O) groups is 1. The van der Waals surface area contributed by atoms with Crippen LogP contribution in [0.4, 0.5) is 10.6 Å². The number of fused-ring (bicyclic) bond motifs is 3. The van der Waals surface area contributed by atoms with Crippen molar-refractivity contribution in [1.29, 1.82) is 0 Å². The van der Waals surface area contributed by atoms with Crippen molar-refractivity contribution in [1.82, 2.24) is 9.97 Å². The molecule has 222 valence electrons. The highest BCUT2D eigenvalue weighted by Gasteiger charge is 2.55. The lowest BCUT2D eigenvalue weighted by atomic mass is 9.82. The SMILES string of the molecule is Cc1nc(OCc2ccccc2)c2c(n1)N(C)[C@@H]1O[C@@H]3COC(c4ccccc4)O[C@@H]3[C@@H](OC(=O)OC(C)(C)C)[C@@H]1C2. The van der Waals surface area contributed by atoms with Crippen molar-refractivity contribution in [3.05, 3.63) is 83.2 Å². The highest BCUT2D eigenvalue weighted by atomic mass is 16.8. The average Bonchev–Trinajstić information content (AvgIpc) is 2.97. The van der Waals surface area contributed by atoms with Gasteiger partial charge in [0.1, 0.15) is 48.4 Å². The van der Waals surface area contributed by atoms with E-state index < -0.39 is 42.6 Å². The topological polar surface area (TPSA) is 101 Å². The number of anilines is 1. The molecule has 0 N–H and O–H groups in total. The van der Waals surface area contributed by atoms with Gasteiger partial charge in [-0.3, -0.25) is 0 Å². The lowest BCUT2D eigenvalue weighted by molar-refractivity contribution is -0.323. The van der Waals surface area contributed by atoms with Crippen LogP contribution in [0.5, 0.6) is 5.88 Å². The van der Waals surface area contributed by atoms with Crippen LogP contribution in [-0.2, 0) is 36.7 Å². The lowest BCUT2D eigenvalue weighted by Gasteiger charge is -2.53. The fourth-order valence-corrected chi connectivity index (χ4v) is 5.79. The van der Waals surface area contributed by atoms with E-state index in [-0.39, 0.29) is 12.5 Å². The van der Waals surface area contributed by atoms with Crippen LogP contribution >= 0.6 is 0 Å². The average molecular weight is 576 g/mol. The van der Waals surface area contributed by atoms with E-state index >= 15 is 0 Å². The standard InChI is InChI=1S/C32H37N3O7/c1-19-33-27-23(28(34-19)37-17-20-12-8-6-9-13-20)16-22-25(41-31(36)42-32(2,3)4)26-24(39-29(22)35(27)5)18-38-30(40-26)21-14-10-7-11-15-21/h6-15,22,24-26,29-30H,16-18H2,1-5H3/t22-,24+,25-,26-,29+,30?/m0/s1. The third-order valence-corrected chi connectivity index (χ3v) is 7.61. The molecule has 0 spiro atoms. The molecule has 0 aliphatic carbocycles. The molecule has 2 saturated heterocycles. The largest absolute Gasteiger partial charge is 0.509 e. The van der Waals surface area contributed by atoms with Crippen molar-refractivity contribution in [2.24, 2.45) is 5.92 Å². The third kappa shape index (κ3) is 5.92. The summed E-state index contributed by atoms with van der Waals surface area (Å²) < 4.78 is 37.1. The smallest absolute Gasteiger partial charge is 0.472 e. The molecular weight excluding hydrogens is 538 g/mol. The Morgan fingerprint density at radius 2 is 1.74 bits per heavy atom. The molecule has 0 radical (unpaired) electrons. The van der Waals surface area contributed by atoms with Gasteiger partial charge in [0.2, 0.25) is 5.88 Å². The maximum absolute atomic E-state index is 13.1. The van der Waals surface area contributed by atoms with Crippen molar-refractivity contribution in [3.63, 3.8) is 0 Å². The molecule has 4 heterocycles. The van der Waals surface area contributed by atoms with E-state index in [0.29, 0.717) is 24.7 Å². The van der Waals surface area contributed by atoms with E-state index in [4.69, 9.17) is 33.4 Å². The summed E-state index contributed by atoms with van der Waals surface area (Å²) in [6.07, 6.45) is -3.15. The Balaban J connectivity index is 1.33. The Morgan fingerprint density at radius 3 is 2.45 bits per heavy atom. The number of hydrogen-bond donors (Lipinski definition) is 0. The molecule has 1 aromatic heterocycles. The van der Waals surface area contributed by atoms with Crippen molar-refractivity contribution >= 4 is 12.0 Å². The molecule has 3 aromatic rings. The molecule has 3 aliphatic rings. The quantitative estimate of drug-likeness (QED) is 0.381. The van der Waals surface area contributed by atoms with Gasteiger partial charge < -0.3 is 33.3 Å². The normalized spacial score (nSPS) is 26.8. The van der Waals surface area contributed by atoms with E-state index in [1.165, 1.54) is 0 Å². The first kappa shape index (κ1) is 28.4. The molecule has 0 amide bonds. The summed E-state index contributed by atoms with van der Waals surface area (Å²) in [5, 5.41) is 0. The minimum Gasteiger partial charge on any atom is -0.472 e. The second-order valence-electron chi connectivity index (χ2n) is 11.9. The molecule has 10 heteroatoms. The summed E-state index contributed by atoms with van der Waals surface area (Å²) in [6, 6.07) is 19.6. The monoisotopic (exact) mass is 575 g/mol. The zero-order valence-corrected chi connectivity index (χ0v) is 24.6. The predicted octanol–water partition coefficient (Wildman–Crippen LogP) is 5.13. The van der Waals surface area contributed by atoms with E-state index in [1.807, 2.05) is 79.5 Å². The van der Waals surface area contributed by atoms with E-state index in [0.717, 1.165) is 22.5 Å². The summed E-state index contributed by atoms with van der Waals surface area (Å²) in [5.41, 5.74) is 2.01. The van der Waals surface area contributed by atoms with E-state index in [2.05, 4.69) is 4.98 Å². The number of aromatic nitrogens is 2. The van der Waals surface area contributed by atoms with Gasteiger partial charge in [0, 0.05) is 18.5 Å². The molecular formula is C32H37N3O7. The van der Waals surface area contributed by atoms with E-state index in [9.17, 15) is 4.79 Å². The van der Waals surface area contributed by atoms with Crippen LogP contribution in [0.3, 0.4) is 0 Å². The van der Waals surface area contributed by atoms with Gasteiger partial charge in [-0.1, -0.05) is 60.7 Å². The predicted molar refractivity (Wildman–Crippen MR) is 153 cm³/mol. The maximum Gasteiger partial charge on any atom is 0.509 e. The molecule has 2 aromatic carbocycles. The Labute approximate surface area is 245 Å².